The van der Waals surface area contributed by atoms with E-state index >= 15 is 0 Å². The summed E-state index contributed by atoms with van der Waals surface area (Å²) >= 11 is 13.6. The van der Waals surface area contributed by atoms with Crippen LogP contribution in [0.15, 0.2) is 30.5 Å². The van der Waals surface area contributed by atoms with E-state index in [1.165, 1.54) is 11.3 Å². The van der Waals surface area contributed by atoms with Crippen LogP contribution in [0, 0.1) is 0 Å². The Labute approximate surface area is 203 Å². The summed E-state index contributed by atoms with van der Waals surface area (Å²) in [7, 11) is 1.08. The summed E-state index contributed by atoms with van der Waals surface area (Å²) in [5.74, 6) is -0.976. The molecule has 2 heterocycles. The van der Waals surface area contributed by atoms with Gasteiger partial charge in [-0.15, -0.1) is 11.3 Å². The fourth-order valence-electron chi connectivity index (χ4n) is 2.74. The molecule has 0 radical (unpaired) electrons. The largest absolute Gasteiger partial charge is 0.465 e. The Balaban J connectivity index is 0.00000187. The standard InChI is InChI=1S/C20H16Cl2F3N3O2S.C2H6/c1-9(2)16-15(12-5-4-11(21)7-14(12)22)27-19(31-16)28-17-13(18(29)30-3)6-10(8-26-17)20(23,24)25;1-2/h4-9H,1-3H3,(H,26,27,28);1-2H3. The van der Waals surface area contributed by atoms with Crippen molar-refractivity contribution in [3.05, 3.63) is 56.5 Å². The smallest absolute Gasteiger partial charge is 0.417 e. The number of carbonyl (C=O) groups is 1. The first kappa shape index (κ1) is 26.9. The van der Waals surface area contributed by atoms with Crippen LogP contribution in [0.25, 0.3) is 11.3 Å². The second-order valence-electron chi connectivity index (χ2n) is 6.75. The van der Waals surface area contributed by atoms with Crippen LogP contribution in [0.3, 0.4) is 0 Å². The van der Waals surface area contributed by atoms with Gasteiger partial charge in [-0.2, -0.15) is 13.2 Å². The zero-order valence-corrected chi connectivity index (χ0v) is 20.8. The zero-order valence-electron chi connectivity index (χ0n) is 18.5. The van der Waals surface area contributed by atoms with E-state index < -0.39 is 17.7 Å². The number of hydrogen-bond donors (Lipinski definition) is 1. The van der Waals surface area contributed by atoms with E-state index in [1.807, 2.05) is 27.7 Å². The molecule has 0 unspecified atom stereocenters. The molecule has 178 valence electrons. The summed E-state index contributed by atoms with van der Waals surface area (Å²) in [6.07, 6.45) is -4.01. The maximum absolute atomic E-state index is 13.0. The van der Waals surface area contributed by atoms with Crippen LogP contribution in [-0.4, -0.2) is 23.0 Å². The molecule has 0 saturated heterocycles. The van der Waals surface area contributed by atoms with Crippen molar-refractivity contribution >= 4 is 51.5 Å². The van der Waals surface area contributed by atoms with Gasteiger partial charge < -0.3 is 10.1 Å². The Morgan fingerprint density at radius 1 is 1.18 bits per heavy atom. The lowest BCUT2D eigenvalue weighted by Gasteiger charge is -2.11. The molecule has 5 nitrogen and oxygen atoms in total. The number of rotatable bonds is 5. The Kier molecular flexibility index (Phi) is 9.11. The molecule has 3 rings (SSSR count). The maximum Gasteiger partial charge on any atom is 0.417 e. The van der Waals surface area contributed by atoms with E-state index in [0.29, 0.717) is 38.7 Å². The Morgan fingerprint density at radius 3 is 2.39 bits per heavy atom. The van der Waals surface area contributed by atoms with E-state index in [2.05, 4.69) is 20.0 Å². The number of nitrogens with one attached hydrogen (secondary N) is 1. The molecule has 0 amide bonds. The molecule has 0 atom stereocenters. The summed E-state index contributed by atoms with van der Waals surface area (Å²) in [4.78, 5) is 21.3. The first-order valence-electron chi connectivity index (χ1n) is 9.90. The highest BCUT2D eigenvalue weighted by Gasteiger charge is 2.33. The van der Waals surface area contributed by atoms with Crippen molar-refractivity contribution in [3.63, 3.8) is 0 Å². The number of carbonyl (C=O) groups excluding carboxylic acids is 1. The van der Waals surface area contributed by atoms with Crippen LogP contribution in [0.4, 0.5) is 24.1 Å². The number of thiazole rings is 1. The average Bonchev–Trinajstić information content (AvgIpc) is 3.18. The number of nitrogens with zero attached hydrogens (tertiary/aromatic N) is 2. The van der Waals surface area contributed by atoms with Gasteiger partial charge in [0.2, 0.25) is 0 Å². The maximum atomic E-state index is 13.0. The van der Waals surface area contributed by atoms with E-state index in [1.54, 1.807) is 18.2 Å². The van der Waals surface area contributed by atoms with Gasteiger partial charge in [-0.1, -0.05) is 50.9 Å². The van der Waals surface area contributed by atoms with Gasteiger partial charge in [0.15, 0.2) is 5.13 Å². The number of pyridine rings is 1. The highest BCUT2D eigenvalue weighted by atomic mass is 35.5. The van der Waals surface area contributed by atoms with Gasteiger partial charge in [0, 0.05) is 21.7 Å². The Morgan fingerprint density at radius 2 is 1.85 bits per heavy atom. The summed E-state index contributed by atoms with van der Waals surface area (Å²) in [5.41, 5.74) is -0.151. The Bertz CT molecular complexity index is 1130. The van der Waals surface area contributed by atoms with Crippen LogP contribution in [0.5, 0.6) is 0 Å². The molecule has 0 saturated carbocycles. The molecule has 0 aliphatic carbocycles. The monoisotopic (exact) mass is 519 g/mol. The molecule has 0 fully saturated rings. The molecular formula is C22H22Cl2F3N3O2S. The van der Waals surface area contributed by atoms with Crippen LogP contribution in [0.1, 0.15) is 54.4 Å². The number of hydrogen-bond acceptors (Lipinski definition) is 6. The molecule has 0 aliphatic rings. The Hall–Kier alpha value is -2.36. The second-order valence-corrected chi connectivity index (χ2v) is 8.62. The number of anilines is 2. The third-order valence-corrected chi connectivity index (χ3v) is 6.03. The summed E-state index contributed by atoms with van der Waals surface area (Å²) < 4.78 is 43.8. The van der Waals surface area contributed by atoms with Crippen LogP contribution >= 0.6 is 34.5 Å². The van der Waals surface area contributed by atoms with Crippen molar-refractivity contribution in [1.29, 1.82) is 0 Å². The summed E-state index contributed by atoms with van der Waals surface area (Å²) in [5, 5.41) is 4.07. The average molecular weight is 520 g/mol. The summed E-state index contributed by atoms with van der Waals surface area (Å²) in [6.45, 7) is 7.95. The lowest BCUT2D eigenvalue weighted by molar-refractivity contribution is -0.137. The fraction of sp³-hybridized carbons (Fsp3) is 0.318. The van der Waals surface area contributed by atoms with Gasteiger partial charge >= 0.3 is 12.1 Å². The number of alkyl halides is 3. The van der Waals surface area contributed by atoms with Gasteiger partial charge in [-0.3, -0.25) is 0 Å². The molecular weight excluding hydrogens is 498 g/mol. The number of methoxy groups -OCH3 is 1. The quantitative estimate of drug-likeness (QED) is 0.344. The minimum atomic E-state index is -4.65. The predicted molar refractivity (Wildman–Crippen MR) is 127 cm³/mol. The first-order chi connectivity index (χ1) is 15.5. The van der Waals surface area contributed by atoms with Gasteiger partial charge in [-0.05, 0) is 30.2 Å². The van der Waals surface area contributed by atoms with E-state index in [-0.39, 0.29) is 17.3 Å². The van der Waals surface area contributed by atoms with E-state index in [4.69, 9.17) is 23.2 Å². The van der Waals surface area contributed by atoms with E-state index in [9.17, 15) is 18.0 Å². The molecule has 2 aromatic heterocycles. The minimum absolute atomic E-state index is 0.0791. The topological polar surface area (TPSA) is 64.1 Å². The SMILES string of the molecule is CC.COC(=O)c1cc(C(F)(F)F)cnc1Nc1nc(-c2ccc(Cl)cc2Cl)c(C(C)C)s1. The van der Waals surface area contributed by atoms with Crippen LogP contribution in [0.2, 0.25) is 10.0 Å². The lowest BCUT2D eigenvalue weighted by atomic mass is 10.1. The van der Waals surface area contributed by atoms with Crippen LogP contribution in [-0.2, 0) is 10.9 Å². The van der Waals surface area contributed by atoms with Crippen molar-refractivity contribution in [2.24, 2.45) is 0 Å². The van der Waals surface area contributed by atoms with Crippen molar-refractivity contribution in [1.82, 2.24) is 9.97 Å². The van der Waals surface area contributed by atoms with Gasteiger partial charge in [-0.25, -0.2) is 14.8 Å². The fourth-order valence-corrected chi connectivity index (χ4v) is 4.22. The third kappa shape index (κ3) is 6.37. The first-order valence-corrected chi connectivity index (χ1v) is 11.5. The van der Waals surface area contributed by atoms with Gasteiger partial charge in [0.1, 0.15) is 11.4 Å². The van der Waals surface area contributed by atoms with Crippen molar-refractivity contribution in [3.8, 4) is 11.3 Å². The predicted octanol–water partition coefficient (Wildman–Crippen LogP) is 8.21. The third-order valence-electron chi connectivity index (χ3n) is 4.21. The molecule has 1 N–H and O–H groups in total. The van der Waals surface area contributed by atoms with Crippen molar-refractivity contribution < 1.29 is 22.7 Å². The minimum Gasteiger partial charge on any atom is -0.465 e. The van der Waals surface area contributed by atoms with Crippen LogP contribution < -0.4 is 5.32 Å². The number of esters is 1. The molecule has 0 aliphatic heterocycles. The molecule has 0 bridgehead atoms. The lowest BCUT2D eigenvalue weighted by Crippen LogP contribution is -2.12. The molecule has 3 aromatic rings. The normalized spacial score (nSPS) is 11.1. The highest BCUT2D eigenvalue weighted by Crippen LogP contribution is 2.41. The number of benzene rings is 1. The van der Waals surface area contributed by atoms with E-state index in [0.717, 1.165) is 12.0 Å². The molecule has 1 aromatic carbocycles. The molecule has 0 spiro atoms. The highest BCUT2D eigenvalue weighted by molar-refractivity contribution is 7.16. The van der Waals surface area contributed by atoms with Crippen molar-refractivity contribution in [2.45, 2.75) is 39.8 Å². The van der Waals surface area contributed by atoms with Gasteiger partial charge in [0.25, 0.3) is 0 Å². The zero-order chi connectivity index (χ0) is 24.9. The number of ether oxygens (including phenoxy) is 1. The van der Waals surface area contributed by atoms with Gasteiger partial charge in [0.05, 0.1) is 23.4 Å². The van der Waals surface area contributed by atoms with Crippen molar-refractivity contribution in [2.75, 3.05) is 12.4 Å². The number of halogens is 5. The summed E-state index contributed by atoms with van der Waals surface area (Å²) in [6, 6.07) is 5.72. The second kappa shape index (κ2) is 11.2. The number of aromatic nitrogens is 2. The molecule has 11 heteroatoms. The molecule has 33 heavy (non-hydrogen) atoms.